The molecule has 144 valence electrons. The largest absolute Gasteiger partial charge is 0.367 e. The monoisotopic (exact) mass is 369 g/mol. The summed E-state index contributed by atoms with van der Waals surface area (Å²) < 4.78 is 1.40. The summed E-state index contributed by atoms with van der Waals surface area (Å²) in [5.74, 6) is 1.70. The third kappa shape index (κ3) is 3.95. The first-order valence-electron chi connectivity index (χ1n) is 9.69. The molecule has 2 aliphatic heterocycles. The Bertz CT molecular complexity index is 865. The van der Waals surface area contributed by atoms with Gasteiger partial charge in [-0.3, -0.25) is 4.79 Å². The van der Waals surface area contributed by atoms with Gasteiger partial charge in [0.25, 0.3) is 5.56 Å². The number of piperidine rings is 1. The minimum absolute atomic E-state index is 0.0836. The number of rotatable bonds is 4. The van der Waals surface area contributed by atoms with Crippen molar-refractivity contribution in [2.24, 2.45) is 7.05 Å². The lowest BCUT2D eigenvalue weighted by Gasteiger charge is -2.36. The van der Waals surface area contributed by atoms with Gasteiger partial charge in [0.05, 0.1) is 5.69 Å². The van der Waals surface area contributed by atoms with E-state index < -0.39 is 0 Å². The van der Waals surface area contributed by atoms with Crippen LogP contribution >= 0.6 is 0 Å². The summed E-state index contributed by atoms with van der Waals surface area (Å²) in [7, 11) is 3.83. The van der Waals surface area contributed by atoms with Gasteiger partial charge in [0, 0.05) is 51.8 Å². The Kier molecular flexibility index (Phi) is 5.07. The molecule has 0 aliphatic carbocycles. The van der Waals surface area contributed by atoms with Crippen molar-refractivity contribution in [3.63, 3.8) is 0 Å². The van der Waals surface area contributed by atoms with Gasteiger partial charge in [-0.1, -0.05) is 0 Å². The zero-order chi connectivity index (χ0) is 18.8. The Labute approximate surface area is 159 Å². The van der Waals surface area contributed by atoms with Gasteiger partial charge in [-0.05, 0) is 44.0 Å². The Morgan fingerprint density at radius 3 is 2.93 bits per heavy atom. The summed E-state index contributed by atoms with van der Waals surface area (Å²) in [6.07, 6.45) is 4.41. The van der Waals surface area contributed by atoms with E-state index in [9.17, 15) is 4.79 Å². The molecule has 1 saturated heterocycles. The molecule has 2 aromatic rings. The minimum atomic E-state index is -0.0836. The van der Waals surface area contributed by atoms with Crippen LogP contribution in [0.3, 0.4) is 0 Å². The maximum absolute atomic E-state index is 11.6. The zero-order valence-electron chi connectivity index (χ0n) is 16.1. The molecule has 0 amide bonds. The summed E-state index contributed by atoms with van der Waals surface area (Å²) in [6.45, 7) is 3.71. The summed E-state index contributed by atoms with van der Waals surface area (Å²) >= 11 is 0. The minimum Gasteiger partial charge on any atom is -0.367 e. The average molecular weight is 369 g/mol. The van der Waals surface area contributed by atoms with Crippen LogP contribution in [0.15, 0.2) is 23.0 Å². The maximum atomic E-state index is 11.6. The molecule has 0 radical (unpaired) electrons. The van der Waals surface area contributed by atoms with E-state index in [1.165, 1.54) is 16.7 Å². The first-order chi connectivity index (χ1) is 13.1. The van der Waals surface area contributed by atoms with Crippen LogP contribution in [0.2, 0.25) is 0 Å². The van der Waals surface area contributed by atoms with Crippen LogP contribution in [0.4, 0.5) is 11.6 Å². The zero-order valence-corrected chi connectivity index (χ0v) is 16.1. The van der Waals surface area contributed by atoms with Crippen molar-refractivity contribution in [2.45, 2.75) is 38.3 Å². The lowest BCUT2D eigenvalue weighted by molar-refractivity contribution is 0.309. The van der Waals surface area contributed by atoms with Crippen LogP contribution in [0.5, 0.6) is 0 Å². The van der Waals surface area contributed by atoms with Crippen molar-refractivity contribution >= 4 is 11.6 Å². The molecule has 0 aromatic carbocycles. The highest BCUT2D eigenvalue weighted by Crippen LogP contribution is 2.23. The van der Waals surface area contributed by atoms with E-state index in [2.05, 4.69) is 43.5 Å². The van der Waals surface area contributed by atoms with Gasteiger partial charge in [0.15, 0.2) is 0 Å². The van der Waals surface area contributed by atoms with E-state index >= 15 is 0 Å². The summed E-state index contributed by atoms with van der Waals surface area (Å²) in [5, 5.41) is 16.7. The van der Waals surface area contributed by atoms with E-state index in [0.717, 1.165) is 62.8 Å². The molecule has 0 spiro atoms. The fourth-order valence-corrected chi connectivity index (χ4v) is 3.94. The molecule has 4 rings (SSSR count). The van der Waals surface area contributed by atoms with E-state index in [1.54, 1.807) is 13.1 Å². The number of nitrogens with one attached hydrogen (secondary N) is 1. The molecule has 0 bridgehead atoms. The van der Waals surface area contributed by atoms with Gasteiger partial charge in [-0.15, -0.1) is 5.10 Å². The van der Waals surface area contributed by atoms with Crippen molar-refractivity contribution in [3.8, 4) is 0 Å². The highest BCUT2D eigenvalue weighted by molar-refractivity contribution is 5.42. The van der Waals surface area contributed by atoms with Crippen LogP contribution in [0, 0.1) is 0 Å². The molecular formula is C19H27N7O. The van der Waals surface area contributed by atoms with Crippen molar-refractivity contribution in [1.82, 2.24) is 24.9 Å². The predicted octanol–water partition coefficient (Wildman–Crippen LogP) is 1.03. The molecule has 8 heteroatoms. The average Bonchev–Trinajstić information content (AvgIpc) is 2.68. The molecule has 27 heavy (non-hydrogen) atoms. The Morgan fingerprint density at radius 2 is 2.07 bits per heavy atom. The molecule has 1 N–H and O–H groups in total. The Hall–Kier alpha value is -2.48. The Morgan fingerprint density at radius 1 is 1.19 bits per heavy atom. The van der Waals surface area contributed by atoms with Crippen LogP contribution < -0.4 is 15.8 Å². The van der Waals surface area contributed by atoms with E-state index in [0.29, 0.717) is 6.04 Å². The van der Waals surface area contributed by atoms with Crippen molar-refractivity contribution < 1.29 is 0 Å². The second kappa shape index (κ2) is 7.64. The molecule has 0 saturated carbocycles. The third-order valence-corrected chi connectivity index (χ3v) is 5.52. The molecule has 8 nitrogen and oxygen atoms in total. The highest BCUT2D eigenvalue weighted by atomic mass is 16.1. The molecule has 4 heterocycles. The maximum Gasteiger partial charge on any atom is 0.266 e. The Balaban J connectivity index is 1.46. The summed E-state index contributed by atoms with van der Waals surface area (Å²) in [5.41, 5.74) is 2.30. The molecule has 2 aromatic heterocycles. The predicted molar refractivity (Wildman–Crippen MR) is 105 cm³/mol. The second-order valence-electron chi connectivity index (χ2n) is 7.57. The fraction of sp³-hybridized carbons (Fsp3) is 0.579. The normalized spacial score (nSPS) is 20.4. The van der Waals surface area contributed by atoms with Crippen molar-refractivity contribution in [2.75, 3.05) is 36.9 Å². The van der Waals surface area contributed by atoms with Crippen LogP contribution in [0.25, 0.3) is 0 Å². The van der Waals surface area contributed by atoms with E-state index in [1.807, 2.05) is 6.07 Å². The van der Waals surface area contributed by atoms with Gasteiger partial charge < -0.3 is 15.1 Å². The standard InChI is InChI=1S/C19H27N7O/c1-24-10-8-16-14(13-24)11-17(22-21-16)20-12-15-5-3-4-9-26(15)18-6-7-19(27)25(2)23-18/h6-7,11,15H,3-5,8-10,12-13H2,1-2H3,(H,20,22). The van der Waals surface area contributed by atoms with Gasteiger partial charge in [0.2, 0.25) is 0 Å². The van der Waals surface area contributed by atoms with Crippen molar-refractivity contribution in [3.05, 3.63) is 39.8 Å². The smallest absolute Gasteiger partial charge is 0.266 e. The second-order valence-corrected chi connectivity index (χ2v) is 7.57. The van der Waals surface area contributed by atoms with Crippen molar-refractivity contribution in [1.29, 1.82) is 0 Å². The van der Waals surface area contributed by atoms with E-state index in [4.69, 9.17) is 0 Å². The number of aryl methyl sites for hydroxylation is 1. The quantitative estimate of drug-likeness (QED) is 0.862. The number of anilines is 2. The van der Waals surface area contributed by atoms with Gasteiger partial charge in [-0.25, -0.2) is 4.68 Å². The number of fused-ring (bicyclic) bond motifs is 1. The third-order valence-electron chi connectivity index (χ3n) is 5.52. The molecular weight excluding hydrogens is 342 g/mol. The number of likely N-dealkylation sites (N-methyl/N-ethyl adjacent to an activating group) is 1. The lowest BCUT2D eigenvalue weighted by atomic mass is 10.0. The number of hydrogen-bond acceptors (Lipinski definition) is 7. The number of hydrogen-bond donors (Lipinski definition) is 1. The van der Waals surface area contributed by atoms with Crippen LogP contribution in [-0.2, 0) is 20.0 Å². The van der Waals surface area contributed by atoms with Gasteiger partial charge in [0.1, 0.15) is 11.6 Å². The summed E-state index contributed by atoms with van der Waals surface area (Å²) in [6, 6.07) is 5.88. The van der Waals surface area contributed by atoms with Gasteiger partial charge in [-0.2, -0.15) is 10.2 Å². The van der Waals surface area contributed by atoms with E-state index in [-0.39, 0.29) is 5.56 Å². The van der Waals surface area contributed by atoms with Crippen LogP contribution in [-0.4, -0.2) is 57.6 Å². The number of aromatic nitrogens is 4. The first-order valence-corrected chi connectivity index (χ1v) is 9.69. The number of nitrogens with zero attached hydrogens (tertiary/aromatic N) is 6. The molecule has 2 aliphatic rings. The van der Waals surface area contributed by atoms with Crippen LogP contribution in [0.1, 0.15) is 30.5 Å². The van der Waals surface area contributed by atoms with Gasteiger partial charge >= 0.3 is 0 Å². The molecule has 1 unspecified atom stereocenters. The SMILES string of the molecule is CN1CCc2nnc(NCC3CCCCN3c3ccc(=O)n(C)n3)cc2C1. The highest BCUT2D eigenvalue weighted by Gasteiger charge is 2.24. The summed E-state index contributed by atoms with van der Waals surface area (Å²) in [4.78, 5) is 16.2. The lowest BCUT2D eigenvalue weighted by Crippen LogP contribution is -2.45. The fourth-order valence-electron chi connectivity index (χ4n) is 3.94. The first kappa shape index (κ1) is 17.9. The molecule has 1 atom stereocenters. The topological polar surface area (TPSA) is 79.2 Å². The molecule has 1 fully saturated rings.